The Morgan fingerprint density at radius 3 is 2.59 bits per heavy atom. The van der Waals surface area contributed by atoms with Crippen LogP contribution < -0.4 is 0 Å². The first kappa shape index (κ1) is 15.2. The maximum atomic E-state index is 6.25. The Hall–Kier alpha value is -1.72. The fourth-order valence-electron chi connectivity index (χ4n) is 2.08. The molecular weight excluding hydrogens is 321 g/mol. The molecule has 3 rings (SSSR count). The molecule has 0 atom stereocenters. The van der Waals surface area contributed by atoms with Crippen LogP contribution in [0.3, 0.4) is 0 Å². The van der Waals surface area contributed by atoms with Crippen molar-refractivity contribution in [1.82, 2.24) is 24.5 Å². The van der Waals surface area contributed by atoms with Crippen molar-refractivity contribution in [2.75, 3.05) is 0 Å². The minimum atomic E-state index is -0.154. The summed E-state index contributed by atoms with van der Waals surface area (Å²) in [6.45, 7) is 6.60. The van der Waals surface area contributed by atoms with Gasteiger partial charge in [0, 0.05) is 11.6 Å². The van der Waals surface area contributed by atoms with E-state index in [1.807, 2.05) is 0 Å². The Bertz CT molecular complexity index is 836. The number of hydrogen-bond donors (Lipinski definition) is 0. The van der Waals surface area contributed by atoms with Gasteiger partial charge in [0.25, 0.3) is 0 Å². The quantitative estimate of drug-likeness (QED) is 0.667. The van der Waals surface area contributed by atoms with E-state index in [0.29, 0.717) is 28.0 Å². The van der Waals surface area contributed by atoms with E-state index in [9.17, 15) is 0 Å². The number of imidazole rings is 1. The van der Waals surface area contributed by atoms with Crippen LogP contribution in [-0.4, -0.2) is 24.5 Å². The molecule has 0 amide bonds. The zero-order valence-corrected chi connectivity index (χ0v) is 14.0. The fourth-order valence-corrected chi connectivity index (χ4v) is 2.49. The molecule has 0 aromatic carbocycles. The predicted octanol–water partition coefficient (Wildman–Crippen LogP) is 3.87. The van der Waals surface area contributed by atoms with Crippen molar-refractivity contribution in [1.29, 1.82) is 0 Å². The maximum absolute atomic E-state index is 6.25. The third-order valence-electron chi connectivity index (χ3n) is 3.25. The molecule has 0 unspecified atom stereocenters. The lowest BCUT2D eigenvalue weighted by molar-refractivity contribution is 0.546. The van der Waals surface area contributed by atoms with Gasteiger partial charge in [0.1, 0.15) is 11.3 Å². The van der Waals surface area contributed by atoms with Gasteiger partial charge in [-0.25, -0.2) is 15.0 Å². The average molecular weight is 336 g/mol. The van der Waals surface area contributed by atoms with Crippen LogP contribution in [-0.2, 0) is 12.0 Å². The fraction of sp³-hybridized carbons (Fsp3) is 0.333. The van der Waals surface area contributed by atoms with Gasteiger partial charge < -0.3 is 0 Å². The number of pyridine rings is 1. The molecule has 7 heteroatoms. The minimum absolute atomic E-state index is 0.154. The molecule has 114 valence electrons. The molecule has 0 saturated carbocycles. The number of rotatable bonds is 2. The van der Waals surface area contributed by atoms with E-state index in [1.165, 1.54) is 0 Å². The highest BCUT2D eigenvalue weighted by molar-refractivity contribution is 6.31. The molecule has 0 aliphatic carbocycles. The van der Waals surface area contributed by atoms with Crippen molar-refractivity contribution in [3.05, 3.63) is 46.4 Å². The van der Waals surface area contributed by atoms with Crippen molar-refractivity contribution >= 4 is 34.4 Å². The number of hydrogen-bond acceptors (Lipinski definition) is 4. The van der Waals surface area contributed by atoms with Crippen LogP contribution >= 0.6 is 23.2 Å². The first-order valence-corrected chi connectivity index (χ1v) is 7.60. The third kappa shape index (κ3) is 2.78. The largest absolute Gasteiger partial charge is 0.293 e. The van der Waals surface area contributed by atoms with E-state index in [2.05, 4.69) is 40.7 Å². The van der Waals surface area contributed by atoms with Crippen LogP contribution in [0.2, 0.25) is 10.3 Å². The lowest BCUT2D eigenvalue weighted by Crippen LogP contribution is -2.16. The van der Waals surface area contributed by atoms with E-state index >= 15 is 0 Å². The first-order valence-electron chi connectivity index (χ1n) is 6.85. The minimum Gasteiger partial charge on any atom is -0.293 e. The van der Waals surface area contributed by atoms with E-state index < -0.39 is 0 Å². The van der Waals surface area contributed by atoms with E-state index in [-0.39, 0.29) is 5.41 Å². The van der Waals surface area contributed by atoms with Crippen molar-refractivity contribution < 1.29 is 0 Å². The SMILES string of the molecule is CC(C)(C)c1ncc2nc(Cl)n(Cc3ncccc3Cl)c2n1. The molecule has 0 spiro atoms. The van der Waals surface area contributed by atoms with Gasteiger partial charge in [0.2, 0.25) is 5.28 Å². The number of aromatic nitrogens is 5. The average Bonchev–Trinajstić information content (AvgIpc) is 2.76. The molecule has 0 aliphatic rings. The van der Waals surface area contributed by atoms with Gasteiger partial charge >= 0.3 is 0 Å². The molecular formula is C15H15Cl2N5. The molecule has 0 N–H and O–H groups in total. The number of halogens is 2. The maximum Gasteiger partial charge on any atom is 0.205 e. The van der Waals surface area contributed by atoms with Gasteiger partial charge in [-0.05, 0) is 23.7 Å². The zero-order valence-electron chi connectivity index (χ0n) is 12.5. The van der Waals surface area contributed by atoms with Crippen LogP contribution in [0.5, 0.6) is 0 Å². The van der Waals surface area contributed by atoms with Crippen LogP contribution in [0.1, 0.15) is 32.3 Å². The topological polar surface area (TPSA) is 56.5 Å². The summed E-state index contributed by atoms with van der Waals surface area (Å²) in [5.74, 6) is 0.741. The van der Waals surface area contributed by atoms with Crippen LogP contribution in [0, 0.1) is 0 Å². The second-order valence-electron chi connectivity index (χ2n) is 6.05. The summed E-state index contributed by atoms with van der Waals surface area (Å²) in [7, 11) is 0. The molecule has 3 aromatic heterocycles. The van der Waals surface area contributed by atoms with E-state index in [4.69, 9.17) is 23.2 Å². The second kappa shape index (κ2) is 5.48. The Balaban J connectivity index is 2.12. The van der Waals surface area contributed by atoms with E-state index in [1.54, 1.807) is 29.1 Å². The molecule has 5 nitrogen and oxygen atoms in total. The highest BCUT2D eigenvalue weighted by Gasteiger charge is 2.20. The second-order valence-corrected chi connectivity index (χ2v) is 6.80. The molecule has 3 heterocycles. The molecule has 0 radical (unpaired) electrons. The van der Waals surface area contributed by atoms with Gasteiger partial charge in [0.05, 0.1) is 23.5 Å². The molecule has 0 saturated heterocycles. The van der Waals surface area contributed by atoms with Gasteiger partial charge in [-0.2, -0.15) is 0 Å². The Morgan fingerprint density at radius 2 is 1.91 bits per heavy atom. The Kier molecular flexibility index (Phi) is 3.78. The predicted molar refractivity (Wildman–Crippen MR) is 87.4 cm³/mol. The van der Waals surface area contributed by atoms with Crippen LogP contribution in [0.4, 0.5) is 0 Å². The molecule has 0 aliphatic heterocycles. The highest BCUT2D eigenvalue weighted by atomic mass is 35.5. The van der Waals surface area contributed by atoms with Crippen LogP contribution in [0.25, 0.3) is 11.2 Å². The zero-order chi connectivity index (χ0) is 15.9. The monoisotopic (exact) mass is 335 g/mol. The summed E-state index contributed by atoms with van der Waals surface area (Å²) in [4.78, 5) is 17.6. The van der Waals surface area contributed by atoms with Crippen molar-refractivity contribution in [2.24, 2.45) is 0 Å². The molecule has 22 heavy (non-hydrogen) atoms. The third-order valence-corrected chi connectivity index (χ3v) is 3.89. The van der Waals surface area contributed by atoms with Crippen molar-refractivity contribution in [3.63, 3.8) is 0 Å². The number of fused-ring (bicyclic) bond motifs is 1. The summed E-state index contributed by atoms with van der Waals surface area (Å²) in [6, 6.07) is 3.59. The van der Waals surface area contributed by atoms with Crippen molar-refractivity contribution in [3.8, 4) is 0 Å². The lowest BCUT2D eigenvalue weighted by atomic mass is 9.96. The van der Waals surface area contributed by atoms with Gasteiger partial charge in [0.15, 0.2) is 5.65 Å². The number of nitrogens with zero attached hydrogens (tertiary/aromatic N) is 5. The molecule has 0 bridgehead atoms. The normalized spacial score (nSPS) is 12.0. The molecule has 0 fully saturated rings. The summed E-state index contributed by atoms with van der Waals surface area (Å²) < 4.78 is 1.79. The van der Waals surface area contributed by atoms with Gasteiger partial charge in [-0.3, -0.25) is 9.55 Å². The summed E-state index contributed by atoms with van der Waals surface area (Å²) >= 11 is 12.4. The Morgan fingerprint density at radius 1 is 1.14 bits per heavy atom. The molecule has 3 aromatic rings. The first-order chi connectivity index (χ1) is 10.4. The van der Waals surface area contributed by atoms with Crippen molar-refractivity contribution in [2.45, 2.75) is 32.7 Å². The van der Waals surface area contributed by atoms with E-state index in [0.717, 1.165) is 11.5 Å². The highest BCUT2D eigenvalue weighted by Crippen LogP contribution is 2.24. The van der Waals surface area contributed by atoms with Crippen LogP contribution in [0.15, 0.2) is 24.5 Å². The smallest absolute Gasteiger partial charge is 0.205 e. The van der Waals surface area contributed by atoms with Gasteiger partial charge in [-0.15, -0.1) is 0 Å². The Labute approximate surface area is 138 Å². The summed E-state index contributed by atoms with van der Waals surface area (Å²) in [6.07, 6.45) is 3.40. The summed E-state index contributed by atoms with van der Waals surface area (Å²) in [5, 5.41) is 0.933. The lowest BCUT2D eigenvalue weighted by Gasteiger charge is -2.16. The summed E-state index contributed by atoms with van der Waals surface area (Å²) in [5.41, 5.74) is 1.91. The van der Waals surface area contributed by atoms with Gasteiger partial charge in [-0.1, -0.05) is 32.4 Å². The standard InChI is InChI=1S/C15H15Cl2N5/c1-15(2,3)13-19-7-10-12(21-13)22(14(17)20-10)8-11-9(16)5-4-6-18-11/h4-7H,8H2,1-3H3.